The summed E-state index contributed by atoms with van der Waals surface area (Å²) in [5.41, 5.74) is 1.20. The number of ether oxygens (including phenoxy) is 1. The van der Waals surface area contributed by atoms with Gasteiger partial charge in [0.05, 0.1) is 6.61 Å². The molecule has 0 fully saturated rings. The Balaban J connectivity index is 2.58. The summed E-state index contributed by atoms with van der Waals surface area (Å²) >= 11 is 0. The third-order valence-corrected chi connectivity index (χ3v) is 2.27. The molecule has 17 heavy (non-hydrogen) atoms. The van der Waals surface area contributed by atoms with Gasteiger partial charge in [0.25, 0.3) is 0 Å². The molecule has 0 aromatic carbocycles. The van der Waals surface area contributed by atoms with E-state index in [2.05, 4.69) is 36.1 Å². The van der Waals surface area contributed by atoms with E-state index < -0.39 is 0 Å². The van der Waals surface area contributed by atoms with Gasteiger partial charge >= 0.3 is 0 Å². The quantitative estimate of drug-likeness (QED) is 0.855. The fourth-order valence-electron chi connectivity index (χ4n) is 1.31. The van der Waals surface area contributed by atoms with Crippen LogP contribution in [0.2, 0.25) is 0 Å². The van der Waals surface area contributed by atoms with Crippen LogP contribution >= 0.6 is 0 Å². The topological polar surface area (TPSA) is 47.0 Å². The minimum atomic E-state index is 0.284. The number of nitrogens with one attached hydrogen (secondary N) is 1. The number of nitrogens with zero attached hydrogens (tertiary/aromatic N) is 2. The van der Waals surface area contributed by atoms with E-state index >= 15 is 0 Å². The molecule has 4 heteroatoms. The molecule has 1 rings (SSSR count). The molecule has 1 aromatic rings. The predicted octanol–water partition coefficient (Wildman–Crippen LogP) is 3.03. The van der Waals surface area contributed by atoms with E-state index in [1.165, 1.54) is 0 Å². The van der Waals surface area contributed by atoms with Gasteiger partial charge in [0.1, 0.15) is 0 Å². The molecule has 96 valence electrons. The summed E-state index contributed by atoms with van der Waals surface area (Å²) in [7, 11) is 0. The molecular formula is C13H23N3O. The molecule has 0 aliphatic carbocycles. The van der Waals surface area contributed by atoms with Gasteiger partial charge in [-0.25, -0.2) is 4.98 Å². The van der Waals surface area contributed by atoms with Crippen LogP contribution in [-0.2, 0) is 0 Å². The molecule has 0 aliphatic rings. The van der Waals surface area contributed by atoms with E-state index in [1.54, 1.807) is 0 Å². The van der Waals surface area contributed by atoms with Gasteiger partial charge in [-0.05, 0) is 25.7 Å². The summed E-state index contributed by atoms with van der Waals surface area (Å²) in [4.78, 5) is 8.58. The number of aryl methyl sites for hydroxylation is 1. The van der Waals surface area contributed by atoms with Gasteiger partial charge in [0, 0.05) is 18.3 Å². The van der Waals surface area contributed by atoms with Gasteiger partial charge in [0.2, 0.25) is 11.8 Å². The molecule has 0 unspecified atom stereocenters. The van der Waals surface area contributed by atoms with Crippen LogP contribution < -0.4 is 10.1 Å². The summed E-state index contributed by atoms with van der Waals surface area (Å²) < 4.78 is 5.66. The monoisotopic (exact) mass is 237 g/mol. The van der Waals surface area contributed by atoms with E-state index in [4.69, 9.17) is 4.74 Å². The average molecular weight is 237 g/mol. The highest BCUT2D eigenvalue weighted by Gasteiger charge is 2.10. The van der Waals surface area contributed by atoms with Gasteiger partial charge in [-0.3, -0.25) is 0 Å². The van der Waals surface area contributed by atoms with Gasteiger partial charge in [0.15, 0.2) is 0 Å². The Labute approximate surface area is 104 Å². The van der Waals surface area contributed by atoms with Crippen molar-refractivity contribution >= 4 is 5.95 Å². The smallest absolute Gasteiger partial charge is 0.226 e. The van der Waals surface area contributed by atoms with Crippen molar-refractivity contribution in [2.75, 3.05) is 18.5 Å². The highest BCUT2D eigenvalue weighted by atomic mass is 16.5. The summed E-state index contributed by atoms with van der Waals surface area (Å²) in [6.45, 7) is 12.1. The second-order valence-electron chi connectivity index (χ2n) is 5.36. The normalized spacial score (nSPS) is 11.4. The number of hydrogen-bond donors (Lipinski definition) is 1. The van der Waals surface area contributed by atoms with Crippen LogP contribution in [0.4, 0.5) is 5.95 Å². The lowest BCUT2D eigenvalue weighted by Crippen LogP contribution is -2.12. The van der Waals surface area contributed by atoms with Crippen LogP contribution in [-0.4, -0.2) is 23.1 Å². The second kappa shape index (κ2) is 5.84. The van der Waals surface area contributed by atoms with Crippen LogP contribution in [0.3, 0.4) is 0 Å². The molecule has 4 nitrogen and oxygen atoms in total. The Hall–Kier alpha value is -1.32. The Bertz CT molecular complexity index is 358. The van der Waals surface area contributed by atoms with Gasteiger partial charge in [-0.15, -0.1) is 0 Å². The highest BCUT2D eigenvalue weighted by Crippen LogP contribution is 2.19. The molecule has 0 radical (unpaired) electrons. The Kier molecular flexibility index (Phi) is 4.73. The van der Waals surface area contributed by atoms with Crippen LogP contribution in [0.1, 0.15) is 39.8 Å². The molecule has 1 heterocycles. The summed E-state index contributed by atoms with van der Waals surface area (Å²) in [6.07, 6.45) is 1.01. The Morgan fingerprint density at radius 1 is 1.29 bits per heavy atom. The van der Waals surface area contributed by atoms with Crippen LogP contribution in [0.5, 0.6) is 5.88 Å². The van der Waals surface area contributed by atoms with Gasteiger partial charge in [-0.1, -0.05) is 20.8 Å². The third-order valence-electron chi connectivity index (χ3n) is 2.27. The number of hydrogen-bond acceptors (Lipinski definition) is 4. The third kappa shape index (κ3) is 5.52. The van der Waals surface area contributed by atoms with Crippen molar-refractivity contribution in [3.8, 4) is 5.88 Å². The zero-order valence-electron chi connectivity index (χ0n) is 11.5. The van der Waals surface area contributed by atoms with E-state index in [9.17, 15) is 0 Å². The van der Waals surface area contributed by atoms with E-state index in [-0.39, 0.29) is 5.41 Å². The summed E-state index contributed by atoms with van der Waals surface area (Å²) in [5.74, 6) is 1.29. The molecule has 0 atom stereocenters. The molecule has 1 N–H and O–H groups in total. The molecule has 0 amide bonds. The molecule has 0 spiro atoms. The standard InChI is InChI=1S/C13H23N3O/c1-6-14-12-15-10(2)9-11(16-12)17-8-7-13(3,4)5/h9H,6-8H2,1-5H3,(H,14,15,16). The Morgan fingerprint density at radius 3 is 2.59 bits per heavy atom. The minimum absolute atomic E-state index is 0.284. The lowest BCUT2D eigenvalue weighted by Gasteiger charge is -2.18. The molecule has 0 saturated carbocycles. The maximum absolute atomic E-state index is 5.66. The van der Waals surface area contributed by atoms with Crippen molar-refractivity contribution in [2.45, 2.75) is 41.0 Å². The average Bonchev–Trinajstić information content (AvgIpc) is 2.15. The van der Waals surface area contributed by atoms with Crippen LogP contribution in [0.15, 0.2) is 6.07 Å². The van der Waals surface area contributed by atoms with E-state index in [0.29, 0.717) is 18.4 Å². The maximum Gasteiger partial charge on any atom is 0.226 e. The number of anilines is 1. The maximum atomic E-state index is 5.66. The van der Waals surface area contributed by atoms with Crippen LogP contribution in [0, 0.1) is 12.3 Å². The van der Waals surface area contributed by atoms with Crippen molar-refractivity contribution in [2.24, 2.45) is 5.41 Å². The van der Waals surface area contributed by atoms with E-state index in [0.717, 1.165) is 18.7 Å². The fourth-order valence-corrected chi connectivity index (χ4v) is 1.31. The molecule has 0 aliphatic heterocycles. The molecule has 0 bridgehead atoms. The van der Waals surface area contributed by atoms with Gasteiger partial charge in [-0.2, -0.15) is 4.98 Å². The van der Waals surface area contributed by atoms with Crippen molar-refractivity contribution in [1.82, 2.24) is 9.97 Å². The first-order valence-electron chi connectivity index (χ1n) is 6.13. The van der Waals surface area contributed by atoms with E-state index in [1.807, 2.05) is 19.9 Å². The first-order valence-corrected chi connectivity index (χ1v) is 6.13. The van der Waals surface area contributed by atoms with Crippen molar-refractivity contribution in [3.63, 3.8) is 0 Å². The lowest BCUT2D eigenvalue weighted by molar-refractivity contribution is 0.236. The van der Waals surface area contributed by atoms with Gasteiger partial charge < -0.3 is 10.1 Å². The molecule has 1 aromatic heterocycles. The minimum Gasteiger partial charge on any atom is -0.478 e. The molecular weight excluding hydrogens is 214 g/mol. The zero-order chi connectivity index (χ0) is 12.9. The first kappa shape index (κ1) is 13.7. The summed E-state index contributed by atoms with van der Waals surface area (Å²) in [6, 6.07) is 1.86. The molecule has 0 saturated heterocycles. The predicted molar refractivity (Wildman–Crippen MR) is 70.5 cm³/mol. The number of aromatic nitrogens is 2. The second-order valence-corrected chi connectivity index (χ2v) is 5.36. The van der Waals surface area contributed by atoms with Crippen molar-refractivity contribution < 1.29 is 4.74 Å². The van der Waals surface area contributed by atoms with Crippen molar-refractivity contribution in [1.29, 1.82) is 0 Å². The Morgan fingerprint density at radius 2 is 2.00 bits per heavy atom. The van der Waals surface area contributed by atoms with Crippen molar-refractivity contribution in [3.05, 3.63) is 11.8 Å². The fraction of sp³-hybridized carbons (Fsp3) is 0.692. The highest BCUT2D eigenvalue weighted by molar-refractivity contribution is 5.30. The zero-order valence-corrected chi connectivity index (χ0v) is 11.5. The SMILES string of the molecule is CCNc1nc(C)cc(OCCC(C)(C)C)n1. The number of rotatable bonds is 5. The summed E-state index contributed by atoms with van der Waals surface area (Å²) in [5, 5.41) is 3.09. The first-order chi connectivity index (χ1) is 7.90. The lowest BCUT2D eigenvalue weighted by atomic mass is 9.93. The largest absolute Gasteiger partial charge is 0.478 e. The van der Waals surface area contributed by atoms with Crippen LogP contribution in [0.25, 0.3) is 0 Å².